The second-order valence-electron chi connectivity index (χ2n) is 6.47. The van der Waals surface area contributed by atoms with Gasteiger partial charge in [0.05, 0.1) is 0 Å². The highest BCUT2D eigenvalue weighted by molar-refractivity contribution is 6.30. The van der Waals surface area contributed by atoms with Crippen LogP contribution in [-0.4, -0.2) is 31.1 Å². The molecule has 0 radical (unpaired) electrons. The maximum Gasteiger partial charge on any atom is 0.115 e. The van der Waals surface area contributed by atoms with Crippen molar-refractivity contribution >= 4 is 11.6 Å². The van der Waals surface area contributed by atoms with Gasteiger partial charge in [-0.2, -0.15) is 0 Å². The van der Waals surface area contributed by atoms with Gasteiger partial charge in [-0.25, -0.2) is 0 Å². The Morgan fingerprint density at radius 1 is 1.17 bits per heavy atom. The Bertz CT molecular complexity index is 735. The van der Waals surface area contributed by atoms with Crippen molar-refractivity contribution in [1.29, 1.82) is 0 Å². The molecule has 0 saturated carbocycles. The number of nitrogens with zero attached hydrogens (tertiary/aromatic N) is 1. The molecular weight excluding hydrogens is 318 g/mol. The average Bonchev–Trinajstić information content (AvgIpc) is 3.04. The van der Waals surface area contributed by atoms with Crippen LogP contribution in [0.4, 0.5) is 0 Å². The molecule has 2 atom stereocenters. The molecule has 2 aromatic carbocycles. The van der Waals surface area contributed by atoms with Crippen molar-refractivity contribution in [3.63, 3.8) is 0 Å². The molecule has 0 aromatic heterocycles. The molecule has 1 heterocycles. The van der Waals surface area contributed by atoms with Crippen LogP contribution in [0.3, 0.4) is 0 Å². The van der Waals surface area contributed by atoms with Gasteiger partial charge in [-0.3, -0.25) is 0 Å². The van der Waals surface area contributed by atoms with Crippen LogP contribution in [0.25, 0.3) is 0 Å². The molecule has 3 rings (SSSR count). The average molecular weight is 347 g/mol. The molecule has 1 saturated heterocycles. The zero-order valence-electron chi connectivity index (χ0n) is 17.0. The van der Waals surface area contributed by atoms with Gasteiger partial charge in [-0.05, 0) is 63.0 Å². The number of hydrogen-bond acceptors (Lipinski definition) is 2. The molecule has 1 aliphatic rings. The van der Waals surface area contributed by atoms with Crippen molar-refractivity contribution < 1.29 is 8.85 Å². The molecule has 0 unspecified atom stereocenters. The Hall–Kier alpha value is -1.35. The highest BCUT2D eigenvalue weighted by atomic mass is 35.5. The minimum atomic E-state index is -2.37. The lowest BCUT2D eigenvalue weighted by molar-refractivity contribution is -0.0117. The molecule has 24 heavy (non-hydrogen) atoms. The van der Waals surface area contributed by atoms with Crippen LogP contribution < -0.4 is 0 Å². The minimum Gasteiger partial charge on any atom is -0.366 e. The smallest absolute Gasteiger partial charge is 0.115 e. The predicted molar refractivity (Wildman–Crippen MR) is 101 cm³/mol. The van der Waals surface area contributed by atoms with Crippen molar-refractivity contribution in [2.24, 2.45) is 0 Å². The minimum absolute atomic E-state index is 0.380. The van der Waals surface area contributed by atoms with Gasteiger partial charge in [0.2, 0.25) is 0 Å². The van der Waals surface area contributed by atoms with E-state index in [9.17, 15) is 0 Å². The Kier molecular flexibility index (Phi) is 4.45. The number of ether oxygens (including phenoxy) is 1. The van der Waals surface area contributed by atoms with Crippen LogP contribution in [0.15, 0.2) is 54.6 Å². The molecule has 128 valence electrons. The number of benzene rings is 2. The topological polar surface area (TPSA) is 12.5 Å². The van der Waals surface area contributed by atoms with Crippen LogP contribution in [-0.2, 0) is 10.3 Å². The fourth-order valence-corrected chi connectivity index (χ4v) is 3.51. The predicted octanol–water partition coefficient (Wildman–Crippen LogP) is 5.10. The molecular formula is C21H26ClNO. The van der Waals surface area contributed by atoms with Crippen LogP contribution in [0.1, 0.15) is 41.4 Å². The van der Waals surface area contributed by atoms with E-state index in [1.54, 1.807) is 24.3 Å². The highest BCUT2D eigenvalue weighted by Gasteiger charge is 2.30. The maximum atomic E-state index is 8.36. The normalized spacial score (nSPS) is 23.2. The molecule has 0 bridgehead atoms. The van der Waals surface area contributed by atoms with E-state index < -0.39 is 12.5 Å². The Balaban J connectivity index is 1.97. The zero-order chi connectivity index (χ0) is 19.5. The van der Waals surface area contributed by atoms with Crippen molar-refractivity contribution in [2.75, 3.05) is 20.2 Å². The Morgan fingerprint density at radius 3 is 2.50 bits per heavy atom. The molecule has 0 spiro atoms. The highest BCUT2D eigenvalue weighted by Crippen LogP contribution is 2.34. The van der Waals surface area contributed by atoms with Gasteiger partial charge in [0.15, 0.2) is 0 Å². The van der Waals surface area contributed by atoms with E-state index >= 15 is 0 Å². The summed E-state index contributed by atoms with van der Waals surface area (Å²) < 4.78 is 31.4. The Morgan fingerprint density at radius 2 is 1.88 bits per heavy atom. The van der Waals surface area contributed by atoms with E-state index in [0.717, 1.165) is 19.4 Å². The van der Waals surface area contributed by atoms with Gasteiger partial charge in [0.1, 0.15) is 5.60 Å². The summed E-state index contributed by atoms with van der Waals surface area (Å²) in [6, 6.07) is 16.6. The third-order valence-electron chi connectivity index (χ3n) is 4.87. The van der Waals surface area contributed by atoms with E-state index in [4.69, 9.17) is 20.5 Å². The number of halogens is 1. The van der Waals surface area contributed by atoms with Gasteiger partial charge in [0, 0.05) is 21.8 Å². The second kappa shape index (κ2) is 7.69. The molecule has 0 aliphatic carbocycles. The number of hydrogen-bond donors (Lipinski definition) is 0. The summed E-state index contributed by atoms with van der Waals surface area (Å²) in [5, 5.41) is 0.568. The summed E-state index contributed by atoms with van der Waals surface area (Å²) in [5.74, 6) is 0. The number of rotatable bonds is 6. The lowest BCUT2D eigenvalue weighted by atomic mass is 9.88. The van der Waals surface area contributed by atoms with E-state index in [1.807, 2.05) is 30.3 Å². The first-order valence-corrected chi connectivity index (χ1v) is 8.88. The van der Waals surface area contributed by atoms with Gasteiger partial charge < -0.3 is 9.64 Å². The van der Waals surface area contributed by atoms with Crippen LogP contribution >= 0.6 is 11.6 Å². The quantitative estimate of drug-likeness (QED) is 0.721. The molecule has 0 amide bonds. The van der Waals surface area contributed by atoms with Gasteiger partial charge in [-0.1, -0.05) is 54.1 Å². The molecule has 0 N–H and O–H groups in total. The largest absolute Gasteiger partial charge is 0.366 e. The molecule has 2 nitrogen and oxygen atoms in total. The Labute approximate surface area is 154 Å². The third-order valence-corrected chi connectivity index (χ3v) is 5.12. The zero-order valence-corrected chi connectivity index (χ0v) is 14.8. The van der Waals surface area contributed by atoms with E-state index in [2.05, 4.69) is 11.9 Å². The van der Waals surface area contributed by atoms with E-state index in [-0.39, 0.29) is 0 Å². The molecule has 2 aromatic rings. The molecule has 1 fully saturated rings. The fourth-order valence-electron chi connectivity index (χ4n) is 3.38. The van der Waals surface area contributed by atoms with Gasteiger partial charge >= 0.3 is 0 Å². The second-order valence-corrected chi connectivity index (χ2v) is 6.90. The van der Waals surface area contributed by atoms with Crippen LogP contribution in [0.2, 0.25) is 5.02 Å². The van der Waals surface area contributed by atoms with Crippen LogP contribution in [0, 0.1) is 0 Å². The number of likely N-dealkylation sites (tertiary alicyclic amines) is 1. The summed E-state index contributed by atoms with van der Waals surface area (Å²) in [6.45, 7) is -0.903. The summed E-state index contributed by atoms with van der Waals surface area (Å²) in [7, 11) is 2.12. The monoisotopic (exact) mass is 346 g/mol. The summed E-state index contributed by atoms with van der Waals surface area (Å²) in [6.07, 6.45) is 3.13. The maximum absolute atomic E-state index is 8.36. The van der Waals surface area contributed by atoms with Gasteiger partial charge in [0.25, 0.3) is 0 Å². The standard InChI is InChI=1S/C21H26ClNO/c1-21(17-7-4-3-5-8-17,18-10-12-19(22)13-11-18)24-16-14-20-9-6-15-23(20)2/h3-5,7-8,10-13,20H,6,9,14-16H2,1-2H3/t20-,21-/m1/s1/i1D3. The van der Waals surface area contributed by atoms with Crippen molar-refractivity contribution in [1.82, 2.24) is 4.90 Å². The molecule has 1 aliphatic heterocycles. The fraction of sp³-hybridized carbons (Fsp3) is 0.429. The van der Waals surface area contributed by atoms with E-state index in [0.29, 0.717) is 28.8 Å². The summed E-state index contributed by atoms with van der Waals surface area (Å²) in [4.78, 5) is 2.32. The van der Waals surface area contributed by atoms with Gasteiger partial charge in [-0.15, -0.1) is 0 Å². The first-order chi connectivity index (χ1) is 12.8. The SMILES string of the molecule is [2H]C([2H])([2H])[C@@](OCC[C@H]1CCCN1C)(c1ccccc1)c1ccc(Cl)cc1. The summed E-state index contributed by atoms with van der Waals surface area (Å²) in [5.41, 5.74) is -0.291. The van der Waals surface area contributed by atoms with Crippen molar-refractivity contribution in [2.45, 2.75) is 37.8 Å². The van der Waals surface area contributed by atoms with Crippen molar-refractivity contribution in [3.05, 3.63) is 70.7 Å². The van der Waals surface area contributed by atoms with E-state index in [1.165, 1.54) is 6.42 Å². The lowest BCUT2D eigenvalue weighted by Gasteiger charge is -2.32. The summed E-state index contributed by atoms with van der Waals surface area (Å²) >= 11 is 6.04. The third kappa shape index (κ3) is 3.83. The van der Waals surface area contributed by atoms with Crippen molar-refractivity contribution in [3.8, 4) is 0 Å². The molecule has 3 heteroatoms. The first-order valence-electron chi connectivity index (χ1n) is 10.0. The first kappa shape index (κ1) is 13.9. The van der Waals surface area contributed by atoms with Crippen LogP contribution in [0.5, 0.6) is 0 Å². The lowest BCUT2D eigenvalue weighted by Crippen LogP contribution is -2.31.